The van der Waals surface area contributed by atoms with Gasteiger partial charge in [-0.05, 0) is 31.9 Å². The van der Waals surface area contributed by atoms with Crippen LogP contribution in [-0.2, 0) is 23.9 Å². The highest BCUT2D eigenvalue weighted by Crippen LogP contribution is 2.36. The van der Waals surface area contributed by atoms with E-state index in [2.05, 4.69) is 0 Å². The summed E-state index contributed by atoms with van der Waals surface area (Å²) in [5, 5.41) is 0. The number of likely N-dealkylation sites (N-methyl/N-ethyl adjacent to an activating group) is 1. The molecule has 34 heavy (non-hydrogen) atoms. The smallest absolute Gasteiger partial charge is 0.310 e. The second kappa shape index (κ2) is 11.2. The Morgan fingerprint density at radius 3 is 2.56 bits per heavy atom. The molecule has 2 heterocycles. The minimum atomic E-state index is -0.574. The van der Waals surface area contributed by atoms with Crippen molar-refractivity contribution in [1.29, 1.82) is 0 Å². The van der Waals surface area contributed by atoms with Crippen LogP contribution in [0.3, 0.4) is 0 Å². The fourth-order valence-electron chi connectivity index (χ4n) is 4.46. The second-order valence-electron chi connectivity index (χ2n) is 8.57. The van der Waals surface area contributed by atoms with Crippen molar-refractivity contribution in [2.24, 2.45) is 11.8 Å². The first kappa shape index (κ1) is 25.3. The van der Waals surface area contributed by atoms with E-state index in [4.69, 9.17) is 14.2 Å². The van der Waals surface area contributed by atoms with E-state index >= 15 is 0 Å². The van der Waals surface area contributed by atoms with E-state index in [1.807, 2.05) is 0 Å². The monoisotopic (exact) mass is 475 g/mol. The number of hydrogen-bond acceptors (Lipinski definition) is 7. The summed E-state index contributed by atoms with van der Waals surface area (Å²) in [7, 11) is 4.61. The first-order valence-electron chi connectivity index (χ1n) is 11.5. The molecule has 2 aliphatic heterocycles. The number of rotatable bonds is 8. The van der Waals surface area contributed by atoms with Gasteiger partial charge in [0.1, 0.15) is 11.5 Å². The molecular formula is C24H33N3O7. The third-order valence-corrected chi connectivity index (χ3v) is 6.29. The van der Waals surface area contributed by atoms with Crippen LogP contribution in [0.15, 0.2) is 18.2 Å². The van der Waals surface area contributed by atoms with Crippen molar-refractivity contribution in [3.05, 3.63) is 18.2 Å². The molecule has 0 N–H and O–H groups in total. The number of likely N-dealkylation sites (tertiary alicyclic amines) is 1. The number of esters is 1. The molecule has 2 atom stereocenters. The molecule has 2 fully saturated rings. The lowest BCUT2D eigenvalue weighted by Gasteiger charge is -2.33. The number of carbonyl (C=O) groups excluding carboxylic acids is 4. The number of anilines is 1. The average Bonchev–Trinajstić information content (AvgIpc) is 3.24. The fraction of sp³-hybridized carbons (Fsp3) is 0.583. The molecule has 10 heteroatoms. The summed E-state index contributed by atoms with van der Waals surface area (Å²) in [5.74, 6) is -0.812. The van der Waals surface area contributed by atoms with Gasteiger partial charge in [0, 0.05) is 39.2 Å². The minimum absolute atomic E-state index is 0.0480. The normalized spacial score (nSPS) is 20.2. The van der Waals surface area contributed by atoms with Gasteiger partial charge in [-0.25, -0.2) is 0 Å². The Morgan fingerprint density at radius 2 is 1.88 bits per heavy atom. The van der Waals surface area contributed by atoms with Crippen LogP contribution in [0.2, 0.25) is 0 Å². The molecule has 2 saturated heterocycles. The lowest BCUT2D eigenvalue weighted by molar-refractivity contribution is -0.152. The van der Waals surface area contributed by atoms with Crippen molar-refractivity contribution in [3.8, 4) is 11.5 Å². The molecule has 1 aromatic carbocycles. The average molecular weight is 476 g/mol. The highest BCUT2D eigenvalue weighted by Gasteiger charge is 2.38. The Bertz CT molecular complexity index is 935. The summed E-state index contributed by atoms with van der Waals surface area (Å²) in [6.07, 6.45) is 1.44. The molecule has 0 bridgehead atoms. The third kappa shape index (κ3) is 5.60. The zero-order valence-corrected chi connectivity index (χ0v) is 20.2. The van der Waals surface area contributed by atoms with Gasteiger partial charge in [-0.2, -0.15) is 0 Å². The standard InChI is InChI=1S/C24H33N3O7/c1-5-34-24(31)16-7-6-10-26(13-16)22(29)15-25(2)23(30)17-11-21(28)27(14-17)19-12-18(32-3)8-9-20(19)33-4/h8-9,12,16-17H,5-7,10-11,13-15H2,1-4H3. The number of benzene rings is 1. The molecule has 1 aromatic rings. The van der Waals surface area contributed by atoms with Crippen LogP contribution in [0.5, 0.6) is 11.5 Å². The van der Waals surface area contributed by atoms with Crippen molar-refractivity contribution in [1.82, 2.24) is 9.80 Å². The topological polar surface area (TPSA) is 106 Å². The molecule has 3 rings (SSSR count). The maximum atomic E-state index is 13.1. The predicted octanol–water partition coefficient (Wildman–Crippen LogP) is 1.32. The first-order valence-corrected chi connectivity index (χ1v) is 11.5. The van der Waals surface area contributed by atoms with Gasteiger partial charge in [0.05, 0.1) is 44.9 Å². The van der Waals surface area contributed by atoms with Gasteiger partial charge < -0.3 is 28.9 Å². The van der Waals surface area contributed by atoms with Crippen molar-refractivity contribution in [3.63, 3.8) is 0 Å². The van der Waals surface area contributed by atoms with Gasteiger partial charge in [-0.15, -0.1) is 0 Å². The predicted molar refractivity (Wildman–Crippen MR) is 124 cm³/mol. The van der Waals surface area contributed by atoms with Gasteiger partial charge in [-0.3, -0.25) is 19.2 Å². The molecule has 0 saturated carbocycles. The van der Waals surface area contributed by atoms with E-state index in [0.29, 0.717) is 49.7 Å². The first-order chi connectivity index (χ1) is 16.3. The number of piperidine rings is 1. The summed E-state index contributed by atoms with van der Waals surface area (Å²) < 4.78 is 15.7. The lowest BCUT2D eigenvalue weighted by Crippen LogP contribution is -2.48. The van der Waals surface area contributed by atoms with Crippen LogP contribution in [0.1, 0.15) is 26.2 Å². The van der Waals surface area contributed by atoms with Crippen molar-refractivity contribution >= 4 is 29.4 Å². The van der Waals surface area contributed by atoms with Gasteiger partial charge in [0.15, 0.2) is 0 Å². The molecule has 2 unspecified atom stereocenters. The molecule has 0 radical (unpaired) electrons. The van der Waals surface area contributed by atoms with Gasteiger partial charge in [0.25, 0.3) is 0 Å². The third-order valence-electron chi connectivity index (χ3n) is 6.29. The Balaban J connectivity index is 1.61. The Morgan fingerprint density at radius 1 is 1.12 bits per heavy atom. The number of carbonyl (C=O) groups is 4. The number of hydrogen-bond donors (Lipinski definition) is 0. The van der Waals surface area contributed by atoms with E-state index in [1.54, 1.807) is 37.1 Å². The maximum Gasteiger partial charge on any atom is 0.310 e. The number of methoxy groups -OCH3 is 2. The molecule has 3 amide bonds. The van der Waals surface area contributed by atoms with Gasteiger partial charge in [0.2, 0.25) is 17.7 Å². The van der Waals surface area contributed by atoms with E-state index in [9.17, 15) is 19.2 Å². The summed E-state index contributed by atoms with van der Waals surface area (Å²) in [5.41, 5.74) is 0.541. The van der Waals surface area contributed by atoms with Gasteiger partial charge >= 0.3 is 5.97 Å². The van der Waals surface area contributed by atoms with Crippen LogP contribution >= 0.6 is 0 Å². The van der Waals surface area contributed by atoms with E-state index < -0.39 is 5.92 Å². The van der Waals surface area contributed by atoms with Crippen LogP contribution < -0.4 is 14.4 Å². The highest BCUT2D eigenvalue weighted by molar-refractivity contribution is 6.01. The van der Waals surface area contributed by atoms with E-state index in [0.717, 1.165) is 0 Å². The van der Waals surface area contributed by atoms with E-state index in [-0.39, 0.29) is 49.1 Å². The molecule has 0 aromatic heterocycles. The summed E-state index contributed by atoms with van der Waals surface area (Å²) >= 11 is 0. The molecule has 2 aliphatic rings. The molecule has 0 spiro atoms. The van der Waals surface area contributed by atoms with Crippen LogP contribution in [0.4, 0.5) is 5.69 Å². The zero-order chi connectivity index (χ0) is 24.8. The summed E-state index contributed by atoms with van der Waals surface area (Å²) in [6.45, 7) is 2.98. The molecule has 0 aliphatic carbocycles. The quantitative estimate of drug-likeness (QED) is 0.522. The van der Waals surface area contributed by atoms with Crippen LogP contribution in [0, 0.1) is 11.8 Å². The lowest BCUT2D eigenvalue weighted by atomic mass is 9.98. The second-order valence-corrected chi connectivity index (χ2v) is 8.57. The van der Waals surface area contributed by atoms with Crippen LogP contribution in [0.25, 0.3) is 0 Å². The summed E-state index contributed by atoms with van der Waals surface area (Å²) in [6, 6.07) is 5.15. The Hall–Kier alpha value is -3.30. The Labute approximate surface area is 199 Å². The number of ether oxygens (including phenoxy) is 3. The van der Waals surface area contributed by atoms with Crippen molar-refractivity contribution in [2.75, 3.05) is 59.0 Å². The molecule has 186 valence electrons. The maximum absolute atomic E-state index is 13.1. The van der Waals surface area contributed by atoms with Crippen molar-refractivity contribution in [2.45, 2.75) is 26.2 Å². The summed E-state index contributed by atoms with van der Waals surface area (Å²) in [4.78, 5) is 55.2. The zero-order valence-electron chi connectivity index (χ0n) is 20.2. The van der Waals surface area contributed by atoms with E-state index in [1.165, 1.54) is 24.0 Å². The highest BCUT2D eigenvalue weighted by atomic mass is 16.5. The number of nitrogens with zero attached hydrogens (tertiary/aromatic N) is 3. The van der Waals surface area contributed by atoms with Gasteiger partial charge in [-0.1, -0.05) is 0 Å². The fourth-order valence-corrected chi connectivity index (χ4v) is 4.46. The van der Waals surface area contributed by atoms with Crippen molar-refractivity contribution < 1.29 is 33.4 Å². The Kier molecular flexibility index (Phi) is 8.36. The number of amides is 3. The molecule has 10 nitrogen and oxygen atoms in total. The molecular weight excluding hydrogens is 442 g/mol. The largest absolute Gasteiger partial charge is 0.497 e. The SMILES string of the molecule is CCOC(=O)C1CCCN(C(=O)CN(C)C(=O)C2CC(=O)N(c3cc(OC)ccc3OC)C2)C1. The van der Waals surface area contributed by atoms with Crippen LogP contribution in [-0.4, -0.2) is 87.5 Å². The minimum Gasteiger partial charge on any atom is -0.497 e.